The van der Waals surface area contributed by atoms with Crippen LogP contribution in [0.15, 0.2) is 36.4 Å². The van der Waals surface area contributed by atoms with Gasteiger partial charge in [0.25, 0.3) is 0 Å². The van der Waals surface area contributed by atoms with Gasteiger partial charge in [0.05, 0.1) is 6.54 Å². The molecule has 0 radical (unpaired) electrons. The van der Waals surface area contributed by atoms with Crippen molar-refractivity contribution in [2.75, 3.05) is 25.5 Å². The summed E-state index contributed by atoms with van der Waals surface area (Å²) >= 11 is 0. The lowest BCUT2D eigenvalue weighted by Gasteiger charge is -2.30. The second-order valence-electron chi connectivity index (χ2n) is 6.53. The average molecular weight is 316 g/mol. The molecule has 2 rings (SSSR count). The number of ether oxygens (including phenoxy) is 1. The zero-order valence-electron chi connectivity index (χ0n) is 14.3. The molecule has 126 valence electrons. The van der Waals surface area contributed by atoms with Gasteiger partial charge >= 0.3 is 0 Å². The van der Waals surface area contributed by atoms with Crippen LogP contribution in [0.25, 0.3) is 0 Å². The van der Waals surface area contributed by atoms with Gasteiger partial charge in [-0.1, -0.05) is 25.8 Å². The number of anilines is 1. The Labute approximate surface area is 139 Å². The number of nitrogens with zero attached hydrogens (tertiary/aromatic N) is 1. The van der Waals surface area contributed by atoms with Crippen LogP contribution >= 0.6 is 0 Å². The highest BCUT2D eigenvalue weighted by atomic mass is 16.5. The molecule has 1 aliphatic carbocycles. The van der Waals surface area contributed by atoms with E-state index in [0.29, 0.717) is 19.2 Å². The molecule has 0 atom stereocenters. The van der Waals surface area contributed by atoms with Crippen LogP contribution in [0.5, 0.6) is 5.75 Å². The van der Waals surface area contributed by atoms with Gasteiger partial charge in [0.15, 0.2) is 0 Å². The first-order chi connectivity index (χ1) is 11.0. The van der Waals surface area contributed by atoms with Crippen molar-refractivity contribution in [2.45, 2.75) is 45.1 Å². The normalized spacial score (nSPS) is 15.4. The molecule has 4 nitrogen and oxygen atoms in total. The maximum absolute atomic E-state index is 12.2. The number of amides is 1. The molecule has 1 aliphatic rings. The fourth-order valence-corrected chi connectivity index (χ4v) is 2.92. The summed E-state index contributed by atoms with van der Waals surface area (Å²) in [5.41, 5.74) is 1.78. The number of hydrogen-bond acceptors (Lipinski definition) is 3. The van der Waals surface area contributed by atoms with Crippen LogP contribution < -0.4 is 10.1 Å². The van der Waals surface area contributed by atoms with Crippen molar-refractivity contribution in [1.29, 1.82) is 0 Å². The highest BCUT2D eigenvalue weighted by Crippen LogP contribution is 2.21. The second kappa shape index (κ2) is 8.73. The highest BCUT2D eigenvalue weighted by Gasteiger charge is 2.19. The van der Waals surface area contributed by atoms with Gasteiger partial charge in [-0.05, 0) is 56.7 Å². The molecular weight excluding hydrogens is 288 g/mol. The molecule has 0 unspecified atom stereocenters. The minimum Gasteiger partial charge on any atom is -0.489 e. The van der Waals surface area contributed by atoms with Crippen molar-refractivity contribution in [3.05, 3.63) is 36.4 Å². The molecule has 1 fully saturated rings. The van der Waals surface area contributed by atoms with E-state index in [1.807, 2.05) is 38.2 Å². The van der Waals surface area contributed by atoms with E-state index >= 15 is 0 Å². The van der Waals surface area contributed by atoms with Crippen molar-refractivity contribution in [3.8, 4) is 5.75 Å². The van der Waals surface area contributed by atoms with E-state index < -0.39 is 0 Å². The smallest absolute Gasteiger partial charge is 0.238 e. The number of hydrogen-bond donors (Lipinski definition) is 1. The summed E-state index contributed by atoms with van der Waals surface area (Å²) in [6.07, 6.45) is 6.30. The second-order valence-corrected chi connectivity index (χ2v) is 6.53. The van der Waals surface area contributed by atoms with E-state index in [0.717, 1.165) is 17.0 Å². The van der Waals surface area contributed by atoms with Gasteiger partial charge in [-0.15, -0.1) is 0 Å². The first-order valence-corrected chi connectivity index (χ1v) is 8.42. The number of rotatable bonds is 7. The third-order valence-corrected chi connectivity index (χ3v) is 4.21. The summed E-state index contributed by atoms with van der Waals surface area (Å²) in [6.45, 7) is 6.69. The Balaban J connectivity index is 1.79. The standard InChI is InChI=1S/C19H28N2O2/c1-15(2)14-23-18-11-9-16(10-12-18)20-19(22)13-21(3)17-7-5-4-6-8-17/h9-12,17H,1,4-8,13-14H2,2-3H3,(H,20,22). The number of benzene rings is 1. The Morgan fingerprint density at radius 1 is 1.26 bits per heavy atom. The molecule has 1 saturated carbocycles. The maximum atomic E-state index is 12.2. The largest absolute Gasteiger partial charge is 0.489 e. The lowest BCUT2D eigenvalue weighted by molar-refractivity contribution is -0.117. The van der Waals surface area contributed by atoms with Crippen LogP contribution in [0.3, 0.4) is 0 Å². The molecular formula is C19H28N2O2. The summed E-state index contributed by atoms with van der Waals surface area (Å²) in [4.78, 5) is 14.3. The Hall–Kier alpha value is -1.81. The van der Waals surface area contributed by atoms with E-state index in [1.54, 1.807) is 0 Å². The molecule has 0 spiro atoms. The zero-order chi connectivity index (χ0) is 16.7. The zero-order valence-corrected chi connectivity index (χ0v) is 14.3. The topological polar surface area (TPSA) is 41.6 Å². The molecule has 1 aromatic rings. The van der Waals surface area contributed by atoms with Crippen molar-refractivity contribution >= 4 is 11.6 Å². The van der Waals surface area contributed by atoms with Crippen molar-refractivity contribution in [3.63, 3.8) is 0 Å². The molecule has 0 aromatic heterocycles. The summed E-state index contributed by atoms with van der Waals surface area (Å²) in [7, 11) is 2.05. The molecule has 1 amide bonds. The first-order valence-electron chi connectivity index (χ1n) is 8.42. The van der Waals surface area contributed by atoms with Gasteiger partial charge in [-0.3, -0.25) is 9.69 Å². The molecule has 4 heteroatoms. The summed E-state index contributed by atoms with van der Waals surface area (Å²) in [5.74, 6) is 0.819. The Morgan fingerprint density at radius 3 is 2.52 bits per heavy atom. The Kier molecular flexibility index (Phi) is 6.66. The molecule has 0 saturated heterocycles. The van der Waals surface area contributed by atoms with Crippen LogP contribution in [0.4, 0.5) is 5.69 Å². The lowest BCUT2D eigenvalue weighted by Crippen LogP contribution is -2.39. The molecule has 1 aromatic carbocycles. The lowest BCUT2D eigenvalue weighted by atomic mass is 9.94. The minimum absolute atomic E-state index is 0.0358. The third kappa shape index (κ3) is 6.06. The maximum Gasteiger partial charge on any atom is 0.238 e. The Morgan fingerprint density at radius 2 is 1.91 bits per heavy atom. The van der Waals surface area contributed by atoms with Gasteiger partial charge in [0, 0.05) is 11.7 Å². The number of nitrogens with one attached hydrogen (secondary N) is 1. The average Bonchev–Trinajstić information content (AvgIpc) is 2.55. The minimum atomic E-state index is 0.0358. The summed E-state index contributed by atoms with van der Waals surface area (Å²) < 4.78 is 5.55. The quantitative estimate of drug-likeness (QED) is 0.777. The molecule has 0 heterocycles. The number of carbonyl (C=O) groups excluding carboxylic acids is 1. The molecule has 1 N–H and O–H groups in total. The highest BCUT2D eigenvalue weighted by molar-refractivity contribution is 5.92. The molecule has 0 bridgehead atoms. The van der Waals surface area contributed by atoms with Crippen molar-refractivity contribution < 1.29 is 9.53 Å². The van der Waals surface area contributed by atoms with E-state index in [4.69, 9.17) is 4.74 Å². The van der Waals surface area contributed by atoms with Crippen molar-refractivity contribution in [1.82, 2.24) is 4.90 Å². The van der Waals surface area contributed by atoms with E-state index in [-0.39, 0.29) is 5.91 Å². The van der Waals surface area contributed by atoms with Crippen LogP contribution in [-0.2, 0) is 4.79 Å². The summed E-state index contributed by atoms with van der Waals surface area (Å²) in [6, 6.07) is 8.01. The third-order valence-electron chi connectivity index (χ3n) is 4.21. The predicted molar refractivity (Wildman–Crippen MR) is 94.9 cm³/mol. The fourth-order valence-electron chi connectivity index (χ4n) is 2.92. The van der Waals surface area contributed by atoms with Crippen LogP contribution in [0.1, 0.15) is 39.0 Å². The van der Waals surface area contributed by atoms with E-state index in [1.165, 1.54) is 32.1 Å². The van der Waals surface area contributed by atoms with Gasteiger partial charge in [-0.2, -0.15) is 0 Å². The first kappa shape index (κ1) is 17.5. The van der Waals surface area contributed by atoms with Crippen LogP contribution in [0, 0.1) is 0 Å². The number of carbonyl (C=O) groups is 1. The van der Waals surface area contributed by atoms with Crippen molar-refractivity contribution in [2.24, 2.45) is 0 Å². The number of likely N-dealkylation sites (N-methyl/N-ethyl adjacent to an activating group) is 1. The summed E-state index contributed by atoms with van der Waals surface area (Å²) in [5, 5.41) is 2.95. The van der Waals surface area contributed by atoms with E-state index in [9.17, 15) is 4.79 Å². The predicted octanol–water partition coefficient (Wildman–Crippen LogP) is 3.84. The van der Waals surface area contributed by atoms with Gasteiger partial charge in [0.1, 0.15) is 12.4 Å². The fraction of sp³-hybridized carbons (Fsp3) is 0.526. The Bertz CT molecular complexity index is 519. The molecule has 0 aliphatic heterocycles. The van der Waals surface area contributed by atoms with Gasteiger partial charge < -0.3 is 10.1 Å². The van der Waals surface area contributed by atoms with Gasteiger partial charge in [0.2, 0.25) is 5.91 Å². The SMILES string of the molecule is C=C(C)COc1ccc(NC(=O)CN(C)C2CCCCC2)cc1. The van der Waals surface area contributed by atoms with Gasteiger partial charge in [-0.25, -0.2) is 0 Å². The van der Waals surface area contributed by atoms with Crippen LogP contribution in [0.2, 0.25) is 0 Å². The van der Waals surface area contributed by atoms with E-state index in [2.05, 4.69) is 16.8 Å². The molecule has 23 heavy (non-hydrogen) atoms. The monoisotopic (exact) mass is 316 g/mol. The van der Waals surface area contributed by atoms with Crippen LogP contribution in [-0.4, -0.2) is 37.0 Å².